The van der Waals surface area contributed by atoms with E-state index in [4.69, 9.17) is 0 Å². The summed E-state index contributed by atoms with van der Waals surface area (Å²) in [6.07, 6.45) is 0. The molecule has 5 heteroatoms. The van der Waals surface area contributed by atoms with E-state index in [2.05, 4.69) is 31.9 Å². The molecule has 0 radical (unpaired) electrons. The summed E-state index contributed by atoms with van der Waals surface area (Å²) < 4.78 is 5.18. The Morgan fingerprint density at radius 3 is 2.91 bits per heavy atom. The van der Waals surface area contributed by atoms with E-state index in [1.807, 2.05) is 17.5 Å². The summed E-state index contributed by atoms with van der Waals surface area (Å²) in [4.78, 5) is 5.40. The van der Waals surface area contributed by atoms with E-state index in [1.165, 1.54) is 11.5 Å². The molecule has 0 aliphatic carbocycles. The van der Waals surface area contributed by atoms with Gasteiger partial charge in [0, 0.05) is 0 Å². The molecule has 0 amide bonds. The van der Waals surface area contributed by atoms with Gasteiger partial charge in [-0.15, -0.1) is 11.3 Å². The summed E-state index contributed by atoms with van der Waals surface area (Å²) in [7, 11) is 0. The van der Waals surface area contributed by atoms with E-state index in [-0.39, 0.29) is 0 Å². The second-order valence-corrected chi connectivity index (χ2v) is 5.30. The third-order valence-corrected chi connectivity index (χ3v) is 3.35. The van der Waals surface area contributed by atoms with Crippen molar-refractivity contribution in [2.24, 2.45) is 0 Å². The molecule has 2 rings (SSSR count). The average molecular weight is 294 g/mol. The Hall–Kier alpha value is -0.0100. The molecule has 0 fully saturated rings. The zero-order valence-corrected chi connectivity index (χ0v) is 9.11. The lowest BCUT2D eigenvalue weighted by Gasteiger charge is -1.82. The maximum absolute atomic E-state index is 4.26. The van der Waals surface area contributed by atoms with Crippen LogP contribution in [-0.4, -0.2) is 9.36 Å². The molecule has 2 aromatic rings. The molecular weight excluding hydrogens is 291 g/mol. The predicted molar refractivity (Wildman–Crippen MR) is 55.9 cm³/mol. The molecule has 2 heterocycles. The maximum atomic E-state index is 4.26. The number of hydrogen-bond donors (Lipinski definition) is 0. The minimum atomic E-state index is 0.856. The molecule has 0 atom stereocenters. The number of hydrogen-bond acceptors (Lipinski definition) is 4. The zero-order chi connectivity index (χ0) is 7.68. The first kappa shape index (κ1) is 7.63. The molecule has 56 valence electrons. The van der Waals surface area contributed by atoms with Gasteiger partial charge in [0.1, 0.15) is 0 Å². The molecule has 0 saturated carbocycles. The van der Waals surface area contributed by atoms with Crippen LogP contribution in [0.1, 0.15) is 0 Å². The molecule has 0 N–H and O–H groups in total. The molecule has 0 aromatic carbocycles. The summed E-state index contributed by atoms with van der Waals surface area (Å²) in [5.41, 5.74) is 0. The molecule has 0 unspecified atom stereocenters. The van der Waals surface area contributed by atoms with Gasteiger partial charge in [0.15, 0.2) is 8.84 Å². The third-order valence-electron chi connectivity index (χ3n) is 1.14. The minimum Gasteiger partial charge on any atom is -0.208 e. The Balaban J connectivity index is 2.45. The van der Waals surface area contributed by atoms with Crippen LogP contribution in [0.25, 0.3) is 10.7 Å². The van der Waals surface area contributed by atoms with E-state index in [9.17, 15) is 0 Å². The fraction of sp³-hybridized carbons (Fsp3) is 0. The largest absolute Gasteiger partial charge is 0.208 e. The summed E-state index contributed by atoms with van der Waals surface area (Å²) in [5.74, 6) is 0.856. The fourth-order valence-corrected chi connectivity index (χ4v) is 2.38. The van der Waals surface area contributed by atoms with Crippen molar-refractivity contribution < 1.29 is 0 Å². The molecule has 0 aliphatic rings. The van der Waals surface area contributed by atoms with Gasteiger partial charge in [0.2, 0.25) is 0 Å². The highest BCUT2D eigenvalue weighted by Gasteiger charge is 2.03. The van der Waals surface area contributed by atoms with Crippen LogP contribution in [0, 0.1) is 3.01 Å². The average Bonchev–Trinajstić information content (AvgIpc) is 2.55. The van der Waals surface area contributed by atoms with E-state index < -0.39 is 0 Å². The van der Waals surface area contributed by atoms with Crippen LogP contribution >= 0.6 is 45.5 Å². The van der Waals surface area contributed by atoms with Crippen LogP contribution in [0.3, 0.4) is 0 Å². The Bertz CT molecular complexity index is 341. The standard InChI is InChI=1S/C6H3IN2S2/c7-6-8-5(9-11-6)4-2-1-3-10-4/h1-3H. The van der Waals surface area contributed by atoms with Crippen molar-refractivity contribution in [3.8, 4) is 10.7 Å². The highest BCUT2D eigenvalue weighted by atomic mass is 127. The molecule has 0 bridgehead atoms. The first-order valence-corrected chi connectivity index (χ1v) is 5.62. The highest BCUT2D eigenvalue weighted by Crippen LogP contribution is 2.23. The highest BCUT2D eigenvalue weighted by molar-refractivity contribution is 14.1. The van der Waals surface area contributed by atoms with Crippen molar-refractivity contribution >= 4 is 45.5 Å². The van der Waals surface area contributed by atoms with Crippen molar-refractivity contribution in [1.29, 1.82) is 0 Å². The van der Waals surface area contributed by atoms with Gasteiger partial charge in [-0.2, -0.15) is 4.37 Å². The Morgan fingerprint density at radius 1 is 1.45 bits per heavy atom. The number of aromatic nitrogens is 2. The minimum absolute atomic E-state index is 0.856. The first-order valence-electron chi connectivity index (χ1n) is 2.89. The van der Waals surface area contributed by atoms with E-state index in [0.717, 1.165) is 13.7 Å². The molecule has 11 heavy (non-hydrogen) atoms. The predicted octanol–water partition coefficient (Wildman–Crippen LogP) is 2.87. The van der Waals surface area contributed by atoms with Crippen LogP contribution in [-0.2, 0) is 0 Å². The molecule has 2 aromatic heterocycles. The fourth-order valence-electron chi connectivity index (χ4n) is 0.711. The van der Waals surface area contributed by atoms with Crippen LogP contribution < -0.4 is 0 Å². The van der Waals surface area contributed by atoms with Crippen molar-refractivity contribution in [2.45, 2.75) is 0 Å². The van der Waals surface area contributed by atoms with Gasteiger partial charge in [-0.3, -0.25) is 0 Å². The van der Waals surface area contributed by atoms with Gasteiger partial charge in [0.25, 0.3) is 0 Å². The van der Waals surface area contributed by atoms with E-state index in [0.29, 0.717) is 0 Å². The molecule has 0 spiro atoms. The third kappa shape index (κ3) is 1.60. The van der Waals surface area contributed by atoms with Crippen molar-refractivity contribution in [1.82, 2.24) is 9.36 Å². The summed E-state index contributed by atoms with van der Waals surface area (Å²) in [5, 5.41) is 2.03. The number of thiophene rings is 1. The Kier molecular flexibility index (Phi) is 2.19. The van der Waals surface area contributed by atoms with E-state index in [1.54, 1.807) is 11.3 Å². The van der Waals surface area contributed by atoms with Crippen LogP contribution in [0.15, 0.2) is 17.5 Å². The van der Waals surface area contributed by atoms with Crippen molar-refractivity contribution in [3.05, 3.63) is 20.5 Å². The van der Waals surface area contributed by atoms with Gasteiger partial charge in [-0.25, -0.2) is 4.98 Å². The lowest BCUT2D eigenvalue weighted by Crippen LogP contribution is -1.73. The number of rotatable bonds is 1. The SMILES string of the molecule is Ic1nc(-c2cccs2)ns1. The van der Waals surface area contributed by atoms with E-state index >= 15 is 0 Å². The van der Waals surface area contributed by atoms with Crippen LogP contribution in [0.4, 0.5) is 0 Å². The van der Waals surface area contributed by atoms with Crippen LogP contribution in [0.5, 0.6) is 0 Å². The lowest BCUT2D eigenvalue weighted by atomic mass is 10.5. The second-order valence-electron chi connectivity index (χ2n) is 1.85. The van der Waals surface area contributed by atoms with Crippen molar-refractivity contribution in [2.75, 3.05) is 0 Å². The van der Waals surface area contributed by atoms with Gasteiger partial charge >= 0.3 is 0 Å². The zero-order valence-electron chi connectivity index (χ0n) is 5.32. The number of nitrogens with zero attached hydrogens (tertiary/aromatic N) is 2. The Labute approximate surface area is 85.6 Å². The van der Waals surface area contributed by atoms with Gasteiger partial charge in [0.05, 0.1) is 4.88 Å². The summed E-state index contributed by atoms with van der Waals surface area (Å²) >= 11 is 5.28. The van der Waals surface area contributed by atoms with Gasteiger partial charge in [-0.05, 0) is 45.6 Å². The quantitative estimate of drug-likeness (QED) is 0.756. The number of halogens is 1. The first-order chi connectivity index (χ1) is 5.36. The summed E-state index contributed by atoms with van der Waals surface area (Å²) in [6.45, 7) is 0. The van der Waals surface area contributed by atoms with Gasteiger partial charge < -0.3 is 0 Å². The monoisotopic (exact) mass is 294 g/mol. The molecule has 2 nitrogen and oxygen atoms in total. The molecule has 0 saturated heterocycles. The summed E-state index contributed by atoms with van der Waals surface area (Å²) in [6, 6.07) is 4.04. The van der Waals surface area contributed by atoms with Crippen molar-refractivity contribution in [3.63, 3.8) is 0 Å². The maximum Gasteiger partial charge on any atom is 0.183 e. The topological polar surface area (TPSA) is 25.8 Å². The van der Waals surface area contributed by atoms with Crippen LogP contribution in [0.2, 0.25) is 0 Å². The molecule has 0 aliphatic heterocycles. The molecular formula is C6H3IN2S2. The smallest absolute Gasteiger partial charge is 0.183 e. The normalized spacial score (nSPS) is 10.3. The second kappa shape index (κ2) is 3.16. The van der Waals surface area contributed by atoms with Gasteiger partial charge in [-0.1, -0.05) is 6.07 Å². The lowest BCUT2D eigenvalue weighted by molar-refractivity contribution is 1.32. The Morgan fingerprint density at radius 2 is 2.36 bits per heavy atom.